The minimum Gasteiger partial charge on any atom is -0.483 e. The third-order valence-corrected chi connectivity index (χ3v) is 4.05. The number of hydrogen-bond donors (Lipinski definition) is 1. The molecule has 0 unspecified atom stereocenters. The molecule has 4 heteroatoms. The molecule has 1 amide bonds. The van der Waals surface area contributed by atoms with Gasteiger partial charge in [-0.05, 0) is 67.3 Å². The average Bonchev–Trinajstić information content (AvgIpc) is 2.49. The van der Waals surface area contributed by atoms with Gasteiger partial charge in [0.05, 0.1) is 0 Å². The fourth-order valence-electron chi connectivity index (χ4n) is 2.12. The molecule has 0 spiro atoms. The fraction of sp³-hybridized carbons (Fsp3) is 0.278. The maximum Gasteiger partial charge on any atom is 0.262 e. The van der Waals surface area contributed by atoms with Crippen molar-refractivity contribution in [3.05, 3.63) is 57.6 Å². The Bertz CT molecular complexity index is 683. The van der Waals surface area contributed by atoms with E-state index in [4.69, 9.17) is 4.74 Å². The van der Waals surface area contributed by atoms with Crippen molar-refractivity contribution in [1.82, 2.24) is 0 Å². The SMILES string of the molecule is CCc1cc(Br)ccc1OCC(=O)Nc1ccc(C)c(C)c1. The standard InChI is InChI=1S/C18H20BrNO2/c1-4-14-10-15(19)6-8-17(14)22-11-18(21)20-16-7-5-12(2)13(3)9-16/h5-10H,4,11H2,1-3H3,(H,20,21). The molecule has 0 radical (unpaired) electrons. The highest BCUT2D eigenvalue weighted by atomic mass is 79.9. The van der Waals surface area contributed by atoms with E-state index in [0.29, 0.717) is 0 Å². The number of anilines is 1. The monoisotopic (exact) mass is 361 g/mol. The maximum atomic E-state index is 12.0. The predicted octanol–water partition coefficient (Wildman–Crippen LogP) is 4.65. The van der Waals surface area contributed by atoms with Crippen molar-refractivity contribution in [3.63, 3.8) is 0 Å². The summed E-state index contributed by atoms with van der Waals surface area (Å²) in [6, 6.07) is 11.7. The van der Waals surface area contributed by atoms with Gasteiger partial charge in [-0.2, -0.15) is 0 Å². The van der Waals surface area contributed by atoms with Gasteiger partial charge in [-0.3, -0.25) is 4.79 Å². The zero-order valence-corrected chi connectivity index (χ0v) is 14.7. The number of aryl methyl sites for hydroxylation is 3. The zero-order valence-electron chi connectivity index (χ0n) is 13.1. The normalized spacial score (nSPS) is 10.4. The smallest absolute Gasteiger partial charge is 0.262 e. The number of benzene rings is 2. The third-order valence-electron chi connectivity index (χ3n) is 3.55. The van der Waals surface area contributed by atoms with Gasteiger partial charge in [0.1, 0.15) is 5.75 Å². The van der Waals surface area contributed by atoms with Crippen LogP contribution in [0, 0.1) is 13.8 Å². The number of nitrogens with one attached hydrogen (secondary N) is 1. The summed E-state index contributed by atoms with van der Waals surface area (Å²) in [5.74, 6) is 0.592. The van der Waals surface area contributed by atoms with Gasteiger partial charge in [0, 0.05) is 10.2 Å². The summed E-state index contributed by atoms with van der Waals surface area (Å²) >= 11 is 3.44. The van der Waals surface area contributed by atoms with Crippen molar-refractivity contribution >= 4 is 27.5 Å². The Hall–Kier alpha value is -1.81. The first-order chi connectivity index (χ1) is 10.5. The zero-order chi connectivity index (χ0) is 16.1. The second-order valence-corrected chi connectivity index (χ2v) is 6.16. The highest BCUT2D eigenvalue weighted by Gasteiger charge is 2.07. The van der Waals surface area contributed by atoms with Gasteiger partial charge >= 0.3 is 0 Å². The van der Waals surface area contributed by atoms with E-state index < -0.39 is 0 Å². The van der Waals surface area contributed by atoms with Crippen LogP contribution in [-0.4, -0.2) is 12.5 Å². The molecule has 0 saturated carbocycles. The van der Waals surface area contributed by atoms with E-state index in [0.717, 1.165) is 33.5 Å². The number of ether oxygens (including phenoxy) is 1. The van der Waals surface area contributed by atoms with E-state index in [1.54, 1.807) is 0 Å². The highest BCUT2D eigenvalue weighted by Crippen LogP contribution is 2.23. The Morgan fingerprint density at radius 1 is 1.14 bits per heavy atom. The van der Waals surface area contributed by atoms with Gasteiger partial charge < -0.3 is 10.1 Å². The third kappa shape index (κ3) is 4.34. The van der Waals surface area contributed by atoms with Crippen molar-refractivity contribution in [2.24, 2.45) is 0 Å². The fourth-order valence-corrected chi connectivity index (χ4v) is 2.53. The summed E-state index contributed by atoms with van der Waals surface area (Å²) in [6.45, 7) is 6.13. The summed E-state index contributed by atoms with van der Waals surface area (Å²) in [5.41, 5.74) is 4.23. The van der Waals surface area contributed by atoms with Crippen molar-refractivity contribution < 1.29 is 9.53 Å². The van der Waals surface area contributed by atoms with Crippen molar-refractivity contribution in [3.8, 4) is 5.75 Å². The Kier molecular flexibility index (Phi) is 5.61. The number of amides is 1. The van der Waals surface area contributed by atoms with Crippen LogP contribution in [0.1, 0.15) is 23.6 Å². The van der Waals surface area contributed by atoms with Crippen LogP contribution in [0.2, 0.25) is 0 Å². The molecular formula is C18H20BrNO2. The molecule has 0 bridgehead atoms. The van der Waals surface area contributed by atoms with E-state index in [2.05, 4.69) is 28.2 Å². The van der Waals surface area contributed by atoms with E-state index in [-0.39, 0.29) is 12.5 Å². The Morgan fingerprint density at radius 2 is 1.91 bits per heavy atom. The van der Waals surface area contributed by atoms with E-state index in [9.17, 15) is 4.79 Å². The van der Waals surface area contributed by atoms with E-state index in [1.165, 1.54) is 5.56 Å². The van der Waals surface area contributed by atoms with Crippen molar-refractivity contribution in [2.75, 3.05) is 11.9 Å². The predicted molar refractivity (Wildman–Crippen MR) is 93.6 cm³/mol. The largest absolute Gasteiger partial charge is 0.483 e. The second kappa shape index (κ2) is 7.45. The first kappa shape index (κ1) is 16.6. The molecule has 0 saturated heterocycles. The molecule has 3 nitrogen and oxygen atoms in total. The lowest BCUT2D eigenvalue weighted by Crippen LogP contribution is -2.20. The minimum absolute atomic E-state index is 0.00154. The van der Waals surface area contributed by atoms with Crippen molar-refractivity contribution in [1.29, 1.82) is 0 Å². The second-order valence-electron chi connectivity index (χ2n) is 5.24. The van der Waals surface area contributed by atoms with Gasteiger partial charge in [-0.15, -0.1) is 0 Å². The molecule has 2 aromatic carbocycles. The summed E-state index contributed by atoms with van der Waals surface area (Å²) in [5, 5.41) is 2.86. The van der Waals surface area contributed by atoms with Gasteiger partial charge in [0.2, 0.25) is 0 Å². The molecule has 0 aliphatic carbocycles. The van der Waals surface area contributed by atoms with Gasteiger partial charge in [-0.1, -0.05) is 28.9 Å². The minimum atomic E-state index is -0.159. The average molecular weight is 362 g/mol. The lowest BCUT2D eigenvalue weighted by molar-refractivity contribution is -0.118. The molecule has 1 N–H and O–H groups in total. The molecule has 2 aromatic rings. The number of carbonyl (C=O) groups is 1. The maximum absolute atomic E-state index is 12.0. The number of hydrogen-bond acceptors (Lipinski definition) is 2. The molecule has 22 heavy (non-hydrogen) atoms. The molecule has 0 aliphatic heterocycles. The van der Waals surface area contributed by atoms with Crippen LogP contribution < -0.4 is 10.1 Å². The molecule has 0 aromatic heterocycles. The first-order valence-corrected chi connectivity index (χ1v) is 8.07. The Labute approximate surface area is 139 Å². The van der Waals surface area contributed by atoms with Gasteiger partial charge in [-0.25, -0.2) is 0 Å². The topological polar surface area (TPSA) is 38.3 Å². The van der Waals surface area contributed by atoms with Crippen LogP contribution in [0.15, 0.2) is 40.9 Å². The van der Waals surface area contributed by atoms with Gasteiger partial charge in [0.25, 0.3) is 5.91 Å². The number of carbonyl (C=O) groups excluding carboxylic acids is 1. The van der Waals surface area contributed by atoms with Crippen LogP contribution in [0.25, 0.3) is 0 Å². The summed E-state index contributed by atoms with van der Waals surface area (Å²) in [4.78, 5) is 12.0. The van der Waals surface area contributed by atoms with Crippen LogP contribution in [0.3, 0.4) is 0 Å². The molecule has 0 fully saturated rings. The molecule has 0 atom stereocenters. The van der Waals surface area contributed by atoms with E-state index in [1.807, 2.05) is 50.2 Å². The van der Waals surface area contributed by atoms with Crippen LogP contribution in [-0.2, 0) is 11.2 Å². The number of rotatable bonds is 5. The highest BCUT2D eigenvalue weighted by molar-refractivity contribution is 9.10. The van der Waals surface area contributed by atoms with Crippen molar-refractivity contribution in [2.45, 2.75) is 27.2 Å². The van der Waals surface area contributed by atoms with Crippen LogP contribution >= 0.6 is 15.9 Å². The lowest BCUT2D eigenvalue weighted by Gasteiger charge is -2.12. The quantitative estimate of drug-likeness (QED) is 0.841. The molecular weight excluding hydrogens is 342 g/mol. The first-order valence-electron chi connectivity index (χ1n) is 7.28. The molecule has 2 rings (SSSR count). The number of halogens is 1. The van der Waals surface area contributed by atoms with E-state index >= 15 is 0 Å². The summed E-state index contributed by atoms with van der Waals surface area (Å²) in [7, 11) is 0. The molecule has 0 heterocycles. The Morgan fingerprint density at radius 3 is 2.59 bits per heavy atom. The molecule has 116 valence electrons. The Balaban J connectivity index is 1.96. The van der Waals surface area contributed by atoms with Crippen LogP contribution in [0.4, 0.5) is 5.69 Å². The van der Waals surface area contributed by atoms with Gasteiger partial charge in [0.15, 0.2) is 6.61 Å². The summed E-state index contributed by atoms with van der Waals surface area (Å²) in [6.07, 6.45) is 0.855. The summed E-state index contributed by atoms with van der Waals surface area (Å²) < 4.78 is 6.65. The lowest BCUT2D eigenvalue weighted by atomic mass is 10.1. The van der Waals surface area contributed by atoms with Crippen LogP contribution in [0.5, 0.6) is 5.75 Å². The molecule has 0 aliphatic rings.